The lowest BCUT2D eigenvalue weighted by atomic mass is 10.1. The third-order valence-corrected chi connectivity index (χ3v) is 6.36. The molecule has 1 aliphatic heterocycles. The molecule has 0 atom stereocenters. The molecule has 6 nitrogen and oxygen atoms in total. The number of aryl methyl sites for hydroxylation is 1. The molecule has 3 heterocycles. The van der Waals surface area contributed by atoms with Crippen LogP contribution in [0.3, 0.4) is 0 Å². The fourth-order valence-corrected chi connectivity index (χ4v) is 4.83. The van der Waals surface area contributed by atoms with Gasteiger partial charge in [0.05, 0.1) is 24.5 Å². The first-order valence-electron chi connectivity index (χ1n) is 10.0. The summed E-state index contributed by atoms with van der Waals surface area (Å²) in [4.78, 5) is 20.2. The average molecular weight is 419 g/mol. The largest absolute Gasteiger partial charge is 0.378 e. The Balaban J connectivity index is 1.67. The molecule has 0 bridgehead atoms. The number of aromatic nitrogens is 3. The monoisotopic (exact) mass is 418 g/mol. The molecule has 0 saturated carbocycles. The van der Waals surface area contributed by atoms with Crippen LogP contribution < -0.4 is 10.5 Å². The number of ether oxygens (including phenoxy) is 1. The molecule has 1 fully saturated rings. The van der Waals surface area contributed by atoms with Crippen LogP contribution in [0.5, 0.6) is 0 Å². The Bertz CT molecular complexity index is 1240. The SMILES string of the molecule is Cc1cccc(Cn2nc(-c3ccccc3)c3sc(N4CCOCC4)nc3c2=O)c1. The minimum atomic E-state index is -0.151. The van der Waals surface area contributed by atoms with Gasteiger partial charge < -0.3 is 9.64 Å². The van der Waals surface area contributed by atoms with Crippen LogP contribution in [-0.2, 0) is 11.3 Å². The number of hydrogen-bond donors (Lipinski definition) is 0. The van der Waals surface area contributed by atoms with Crippen molar-refractivity contribution in [3.8, 4) is 11.3 Å². The van der Waals surface area contributed by atoms with Crippen LogP contribution in [0, 0.1) is 6.92 Å². The van der Waals surface area contributed by atoms with Gasteiger partial charge in [-0.05, 0) is 12.5 Å². The van der Waals surface area contributed by atoms with E-state index in [1.807, 2.05) is 55.5 Å². The summed E-state index contributed by atoms with van der Waals surface area (Å²) in [5, 5.41) is 5.64. The van der Waals surface area contributed by atoms with Gasteiger partial charge >= 0.3 is 0 Å². The number of rotatable bonds is 4. The van der Waals surface area contributed by atoms with Crippen molar-refractivity contribution in [2.75, 3.05) is 31.2 Å². The summed E-state index contributed by atoms with van der Waals surface area (Å²) in [5.41, 5.74) is 4.33. The number of hydrogen-bond acceptors (Lipinski definition) is 6. The van der Waals surface area contributed by atoms with Gasteiger partial charge in [0.2, 0.25) is 0 Å². The molecule has 0 unspecified atom stereocenters. The highest BCUT2D eigenvalue weighted by Gasteiger charge is 2.21. The van der Waals surface area contributed by atoms with Gasteiger partial charge in [0.1, 0.15) is 5.69 Å². The van der Waals surface area contributed by atoms with Gasteiger partial charge in [-0.3, -0.25) is 4.79 Å². The third-order valence-electron chi connectivity index (χ3n) is 5.23. The molecule has 0 aliphatic carbocycles. The molecule has 1 aliphatic rings. The number of morpholine rings is 1. The van der Waals surface area contributed by atoms with Gasteiger partial charge in [-0.2, -0.15) is 5.10 Å². The summed E-state index contributed by atoms with van der Waals surface area (Å²) in [6, 6.07) is 18.2. The Hall–Kier alpha value is -3.03. The minimum Gasteiger partial charge on any atom is -0.378 e. The van der Waals surface area contributed by atoms with Crippen molar-refractivity contribution in [2.24, 2.45) is 0 Å². The maximum absolute atomic E-state index is 13.3. The van der Waals surface area contributed by atoms with Crippen LogP contribution in [0.25, 0.3) is 21.5 Å². The zero-order chi connectivity index (χ0) is 20.5. The fourth-order valence-electron chi connectivity index (χ4n) is 3.71. The van der Waals surface area contributed by atoms with E-state index in [-0.39, 0.29) is 5.56 Å². The summed E-state index contributed by atoms with van der Waals surface area (Å²) >= 11 is 1.54. The molecule has 4 aromatic rings. The van der Waals surface area contributed by atoms with Crippen molar-refractivity contribution >= 4 is 26.7 Å². The van der Waals surface area contributed by atoms with Crippen LogP contribution in [0.1, 0.15) is 11.1 Å². The standard InChI is InChI=1S/C23H22N4O2S/c1-16-6-5-7-17(14-16)15-27-22(28)20-21(19(25-27)18-8-3-2-4-9-18)30-23(24-20)26-10-12-29-13-11-26/h2-9,14H,10-13,15H2,1H3. The van der Waals surface area contributed by atoms with Crippen molar-refractivity contribution in [3.63, 3.8) is 0 Å². The van der Waals surface area contributed by atoms with Crippen molar-refractivity contribution in [3.05, 3.63) is 76.1 Å². The second kappa shape index (κ2) is 8.01. The second-order valence-corrected chi connectivity index (χ2v) is 8.42. The van der Waals surface area contributed by atoms with Crippen LogP contribution in [0.4, 0.5) is 5.13 Å². The van der Waals surface area contributed by atoms with Gasteiger partial charge in [0, 0.05) is 18.7 Å². The van der Waals surface area contributed by atoms with Gasteiger partial charge in [0.15, 0.2) is 10.6 Å². The zero-order valence-corrected chi connectivity index (χ0v) is 17.6. The predicted octanol–water partition coefficient (Wildman–Crippen LogP) is 3.71. The second-order valence-electron chi connectivity index (χ2n) is 7.44. The van der Waals surface area contributed by atoms with Crippen LogP contribution >= 0.6 is 11.3 Å². The summed E-state index contributed by atoms with van der Waals surface area (Å²) in [5.74, 6) is 0. The molecule has 2 aromatic heterocycles. The summed E-state index contributed by atoms with van der Waals surface area (Å²) in [6.07, 6.45) is 0. The first-order valence-corrected chi connectivity index (χ1v) is 10.9. The summed E-state index contributed by atoms with van der Waals surface area (Å²) < 4.78 is 7.85. The predicted molar refractivity (Wildman–Crippen MR) is 120 cm³/mol. The molecule has 0 radical (unpaired) electrons. The van der Waals surface area contributed by atoms with Crippen LogP contribution in [-0.4, -0.2) is 41.1 Å². The maximum atomic E-state index is 13.3. The zero-order valence-electron chi connectivity index (χ0n) is 16.7. The van der Waals surface area contributed by atoms with E-state index in [0.29, 0.717) is 25.3 Å². The molecule has 5 rings (SSSR count). The number of fused-ring (bicyclic) bond motifs is 1. The van der Waals surface area contributed by atoms with E-state index >= 15 is 0 Å². The lowest BCUT2D eigenvalue weighted by Crippen LogP contribution is -2.36. The van der Waals surface area contributed by atoms with Crippen LogP contribution in [0.2, 0.25) is 0 Å². The number of benzene rings is 2. The Kier molecular flexibility index (Phi) is 5.06. The topological polar surface area (TPSA) is 60.3 Å². The summed E-state index contributed by atoms with van der Waals surface area (Å²) in [7, 11) is 0. The lowest BCUT2D eigenvalue weighted by molar-refractivity contribution is 0.122. The first-order chi connectivity index (χ1) is 14.7. The smallest absolute Gasteiger partial charge is 0.294 e. The molecule has 1 saturated heterocycles. The molecule has 152 valence electrons. The van der Waals surface area contributed by atoms with E-state index in [1.165, 1.54) is 0 Å². The Morgan fingerprint density at radius 2 is 1.87 bits per heavy atom. The normalized spacial score (nSPS) is 14.4. The van der Waals surface area contributed by atoms with Gasteiger partial charge in [-0.15, -0.1) is 0 Å². The van der Waals surface area contributed by atoms with E-state index in [9.17, 15) is 4.79 Å². The first kappa shape index (κ1) is 19.0. The highest BCUT2D eigenvalue weighted by Crippen LogP contribution is 2.34. The fraction of sp³-hybridized carbons (Fsp3) is 0.261. The molecule has 0 N–H and O–H groups in total. The Morgan fingerprint density at radius 3 is 2.63 bits per heavy atom. The number of thiazole rings is 1. The van der Waals surface area contributed by atoms with Crippen molar-refractivity contribution in [1.29, 1.82) is 0 Å². The number of nitrogens with zero attached hydrogens (tertiary/aromatic N) is 4. The molecule has 7 heteroatoms. The van der Waals surface area contributed by atoms with E-state index in [0.717, 1.165) is 45.3 Å². The van der Waals surface area contributed by atoms with E-state index in [1.54, 1.807) is 16.0 Å². The van der Waals surface area contributed by atoms with Gasteiger partial charge in [0.25, 0.3) is 5.56 Å². The van der Waals surface area contributed by atoms with E-state index in [2.05, 4.69) is 11.0 Å². The Labute approximate surface area is 178 Å². The van der Waals surface area contributed by atoms with Crippen molar-refractivity contribution in [1.82, 2.24) is 14.8 Å². The Morgan fingerprint density at radius 1 is 1.07 bits per heavy atom. The third kappa shape index (κ3) is 3.62. The molecule has 0 spiro atoms. The highest BCUT2D eigenvalue weighted by atomic mass is 32.1. The average Bonchev–Trinajstić information content (AvgIpc) is 3.23. The molecular formula is C23H22N4O2S. The minimum absolute atomic E-state index is 0.151. The van der Waals surface area contributed by atoms with Crippen LogP contribution in [0.15, 0.2) is 59.4 Å². The molecule has 0 amide bonds. The van der Waals surface area contributed by atoms with E-state index in [4.69, 9.17) is 14.8 Å². The summed E-state index contributed by atoms with van der Waals surface area (Å²) in [6.45, 7) is 5.39. The number of anilines is 1. The highest BCUT2D eigenvalue weighted by molar-refractivity contribution is 7.22. The molecular weight excluding hydrogens is 396 g/mol. The van der Waals surface area contributed by atoms with E-state index < -0.39 is 0 Å². The molecule has 30 heavy (non-hydrogen) atoms. The maximum Gasteiger partial charge on any atom is 0.294 e. The quantitative estimate of drug-likeness (QED) is 0.506. The van der Waals surface area contributed by atoms with Gasteiger partial charge in [-0.1, -0.05) is 71.5 Å². The molecule has 2 aromatic carbocycles. The van der Waals surface area contributed by atoms with Crippen molar-refractivity contribution in [2.45, 2.75) is 13.5 Å². The lowest BCUT2D eigenvalue weighted by Gasteiger charge is -2.25. The van der Waals surface area contributed by atoms with Gasteiger partial charge in [-0.25, -0.2) is 9.67 Å². The van der Waals surface area contributed by atoms with Crippen molar-refractivity contribution < 1.29 is 4.74 Å².